The first-order chi connectivity index (χ1) is 11.8. The van der Waals surface area contributed by atoms with E-state index in [0.29, 0.717) is 5.56 Å². The van der Waals surface area contributed by atoms with Crippen LogP contribution in [0.3, 0.4) is 0 Å². The maximum absolute atomic E-state index is 12.2. The van der Waals surface area contributed by atoms with Gasteiger partial charge < -0.3 is 10.6 Å². The normalized spacial score (nSPS) is 11.0. The van der Waals surface area contributed by atoms with Gasteiger partial charge >= 0.3 is 5.51 Å². The second-order valence-corrected chi connectivity index (χ2v) is 6.09. The van der Waals surface area contributed by atoms with Gasteiger partial charge in [-0.2, -0.15) is 13.2 Å². The van der Waals surface area contributed by atoms with Crippen molar-refractivity contribution in [2.24, 2.45) is 0 Å². The van der Waals surface area contributed by atoms with E-state index in [0.717, 1.165) is 0 Å². The minimum atomic E-state index is -4.36. The zero-order valence-corrected chi connectivity index (χ0v) is 13.8. The zero-order valence-electron chi connectivity index (χ0n) is 13.0. The van der Waals surface area contributed by atoms with E-state index in [1.165, 1.54) is 24.3 Å². The molecule has 2 aromatic carbocycles. The predicted molar refractivity (Wildman–Crippen MR) is 89.5 cm³/mol. The van der Waals surface area contributed by atoms with Crippen LogP contribution in [0.25, 0.3) is 0 Å². The molecule has 0 fully saturated rings. The number of hydrogen-bond donors (Lipinski definition) is 2. The average molecular weight is 368 g/mol. The highest BCUT2D eigenvalue weighted by Gasteiger charge is 2.29. The van der Waals surface area contributed by atoms with Crippen LogP contribution in [0.1, 0.15) is 20.7 Å². The van der Waals surface area contributed by atoms with E-state index in [2.05, 4.69) is 10.6 Å². The average Bonchev–Trinajstić information content (AvgIpc) is 2.58. The highest BCUT2D eigenvalue weighted by molar-refractivity contribution is 8.00. The number of rotatable bonds is 6. The Morgan fingerprint density at radius 2 is 1.28 bits per heavy atom. The van der Waals surface area contributed by atoms with Crippen molar-refractivity contribution >= 4 is 23.6 Å². The Labute approximate surface area is 146 Å². The van der Waals surface area contributed by atoms with Crippen LogP contribution in [0.2, 0.25) is 0 Å². The molecular weight excluding hydrogens is 353 g/mol. The minimum absolute atomic E-state index is 0.0131. The summed E-state index contributed by atoms with van der Waals surface area (Å²) < 4.78 is 36.7. The van der Waals surface area contributed by atoms with Crippen LogP contribution in [0.4, 0.5) is 13.2 Å². The van der Waals surface area contributed by atoms with Gasteiger partial charge in [0.25, 0.3) is 11.8 Å². The summed E-state index contributed by atoms with van der Waals surface area (Å²) in [5.41, 5.74) is -3.59. The number of alkyl halides is 3. The molecule has 0 bridgehead atoms. The van der Waals surface area contributed by atoms with Crippen molar-refractivity contribution in [1.82, 2.24) is 10.6 Å². The molecule has 0 atom stereocenters. The summed E-state index contributed by atoms with van der Waals surface area (Å²) in [5.74, 6) is -0.666. The zero-order chi connectivity index (χ0) is 18.3. The molecule has 2 rings (SSSR count). The van der Waals surface area contributed by atoms with Crippen molar-refractivity contribution in [1.29, 1.82) is 0 Å². The molecule has 0 unspecified atom stereocenters. The maximum Gasteiger partial charge on any atom is 0.446 e. The van der Waals surface area contributed by atoms with Crippen LogP contribution in [-0.4, -0.2) is 30.4 Å². The Morgan fingerprint density at radius 3 is 1.76 bits per heavy atom. The van der Waals surface area contributed by atoms with Crippen molar-refractivity contribution in [3.05, 3.63) is 65.7 Å². The third kappa shape index (κ3) is 6.50. The predicted octanol–water partition coefficient (Wildman–Crippen LogP) is 3.46. The lowest BCUT2D eigenvalue weighted by Crippen LogP contribution is -2.34. The van der Waals surface area contributed by atoms with Crippen LogP contribution >= 0.6 is 11.8 Å². The summed E-state index contributed by atoms with van der Waals surface area (Å²) in [4.78, 5) is 23.7. The van der Waals surface area contributed by atoms with Crippen molar-refractivity contribution in [2.75, 3.05) is 13.1 Å². The van der Waals surface area contributed by atoms with Crippen molar-refractivity contribution < 1.29 is 22.8 Å². The molecule has 8 heteroatoms. The van der Waals surface area contributed by atoms with Gasteiger partial charge in [0, 0.05) is 29.1 Å². The van der Waals surface area contributed by atoms with E-state index in [9.17, 15) is 22.8 Å². The molecule has 2 N–H and O–H groups in total. The second kappa shape index (κ2) is 8.57. The molecule has 25 heavy (non-hydrogen) atoms. The summed E-state index contributed by atoms with van der Waals surface area (Å²) in [6, 6.07) is 13.8. The third-order valence-corrected chi connectivity index (χ3v) is 3.82. The Morgan fingerprint density at radius 1 is 0.800 bits per heavy atom. The number of amides is 2. The molecule has 0 aliphatic heterocycles. The lowest BCUT2D eigenvalue weighted by molar-refractivity contribution is -0.0328. The van der Waals surface area contributed by atoms with Gasteiger partial charge in [0.05, 0.1) is 0 Å². The molecule has 0 aromatic heterocycles. The quantitative estimate of drug-likeness (QED) is 0.606. The molecular formula is C17H15F3N2O2S. The molecule has 2 aromatic rings. The summed E-state index contributed by atoms with van der Waals surface area (Å²) in [6.07, 6.45) is 0. The van der Waals surface area contributed by atoms with Crippen LogP contribution in [0.15, 0.2) is 59.5 Å². The van der Waals surface area contributed by atoms with E-state index in [1.54, 1.807) is 30.3 Å². The number of carbonyl (C=O) groups excluding carboxylic acids is 2. The summed E-state index contributed by atoms with van der Waals surface area (Å²) in [6.45, 7) is 0.442. The van der Waals surface area contributed by atoms with Gasteiger partial charge in [-0.05, 0) is 48.2 Å². The van der Waals surface area contributed by atoms with Gasteiger partial charge in [-0.1, -0.05) is 18.2 Å². The Bertz CT molecular complexity index is 719. The van der Waals surface area contributed by atoms with Crippen molar-refractivity contribution in [3.63, 3.8) is 0 Å². The highest BCUT2D eigenvalue weighted by Crippen LogP contribution is 2.36. The van der Waals surface area contributed by atoms with Gasteiger partial charge in [-0.25, -0.2) is 0 Å². The molecule has 0 saturated heterocycles. The van der Waals surface area contributed by atoms with Gasteiger partial charge in [-0.15, -0.1) is 0 Å². The highest BCUT2D eigenvalue weighted by atomic mass is 32.2. The lowest BCUT2D eigenvalue weighted by atomic mass is 10.2. The Kier molecular flexibility index (Phi) is 6.46. The van der Waals surface area contributed by atoms with Gasteiger partial charge in [-0.3, -0.25) is 9.59 Å². The van der Waals surface area contributed by atoms with Gasteiger partial charge in [0.1, 0.15) is 0 Å². The van der Waals surface area contributed by atoms with E-state index >= 15 is 0 Å². The number of hydrogen-bond acceptors (Lipinski definition) is 3. The molecule has 2 amide bonds. The fourth-order valence-electron chi connectivity index (χ4n) is 1.95. The van der Waals surface area contributed by atoms with Crippen molar-refractivity contribution in [3.8, 4) is 0 Å². The topological polar surface area (TPSA) is 58.2 Å². The second-order valence-electron chi connectivity index (χ2n) is 4.95. The number of nitrogens with one attached hydrogen (secondary N) is 2. The first-order valence-corrected chi connectivity index (χ1v) is 8.14. The first kappa shape index (κ1) is 18.9. The Hall–Kier alpha value is -2.48. The van der Waals surface area contributed by atoms with E-state index in [-0.39, 0.29) is 41.2 Å². The number of thioether (sulfide) groups is 1. The Balaban J connectivity index is 1.76. The molecule has 0 saturated carbocycles. The molecule has 0 spiro atoms. The van der Waals surface area contributed by atoms with Crippen LogP contribution in [0.5, 0.6) is 0 Å². The summed E-state index contributed by atoms with van der Waals surface area (Å²) >= 11 is -0.235. The summed E-state index contributed by atoms with van der Waals surface area (Å²) in [5, 5.41) is 5.25. The molecule has 0 aliphatic rings. The SMILES string of the molecule is O=C(NCCNC(=O)c1ccc(SC(F)(F)F)cc1)c1ccccc1. The molecule has 0 heterocycles. The molecule has 4 nitrogen and oxygen atoms in total. The smallest absolute Gasteiger partial charge is 0.350 e. The molecule has 0 aliphatic carbocycles. The van der Waals surface area contributed by atoms with Crippen molar-refractivity contribution in [2.45, 2.75) is 10.4 Å². The largest absolute Gasteiger partial charge is 0.446 e. The van der Waals surface area contributed by atoms with Crippen LogP contribution in [-0.2, 0) is 0 Å². The van der Waals surface area contributed by atoms with E-state index in [4.69, 9.17) is 0 Å². The maximum atomic E-state index is 12.2. The molecule has 132 valence electrons. The van der Waals surface area contributed by atoms with E-state index in [1.807, 2.05) is 0 Å². The fraction of sp³-hybridized carbons (Fsp3) is 0.176. The van der Waals surface area contributed by atoms with E-state index < -0.39 is 11.4 Å². The minimum Gasteiger partial charge on any atom is -0.350 e. The first-order valence-electron chi connectivity index (χ1n) is 7.32. The summed E-state index contributed by atoms with van der Waals surface area (Å²) in [7, 11) is 0. The van der Waals surface area contributed by atoms with Crippen LogP contribution in [0, 0.1) is 0 Å². The number of halogens is 3. The third-order valence-electron chi connectivity index (χ3n) is 3.08. The standard InChI is InChI=1S/C17H15F3N2O2S/c18-17(19,20)25-14-8-6-13(7-9-14)16(24)22-11-10-21-15(23)12-4-2-1-3-5-12/h1-9H,10-11H2,(H,21,23)(H,22,24). The van der Waals surface area contributed by atoms with Gasteiger partial charge in [0.15, 0.2) is 0 Å². The number of benzene rings is 2. The number of carbonyl (C=O) groups is 2. The monoisotopic (exact) mass is 368 g/mol. The molecule has 0 radical (unpaired) electrons. The van der Waals surface area contributed by atoms with Crippen LogP contribution < -0.4 is 10.6 Å². The fourth-order valence-corrected chi connectivity index (χ4v) is 2.49. The lowest BCUT2D eigenvalue weighted by Gasteiger charge is -2.08. The van der Waals surface area contributed by atoms with Gasteiger partial charge in [0.2, 0.25) is 0 Å².